The Morgan fingerprint density at radius 2 is 1.71 bits per heavy atom. The van der Waals surface area contributed by atoms with Crippen molar-refractivity contribution in [3.05, 3.63) is 17.7 Å². The van der Waals surface area contributed by atoms with E-state index in [9.17, 15) is 8.78 Å². The molecule has 0 atom stereocenters. The Labute approximate surface area is 124 Å². The van der Waals surface area contributed by atoms with E-state index in [1.807, 2.05) is 21.0 Å². The molecule has 0 spiro atoms. The van der Waals surface area contributed by atoms with E-state index in [-0.39, 0.29) is 17.2 Å². The van der Waals surface area contributed by atoms with Crippen molar-refractivity contribution >= 4 is 11.6 Å². The van der Waals surface area contributed by atoms with Gasteiger partial charge in [-0.3, -0.25) is 0 Å². The molecule has 0 aliphatic heterocycles. The summed E-state index contributed by atoms with van der Waals surface area (Å²) in [5, 5.41) is 5.87. The van der Waals surface area contributed by atoms with E-state index in [0.717, 1.165) is 18.9 Å². The Kier molecular flexibility index (Phi) is 4.98. The second-order valence-corrected chi connectivity index (χ2v) is 5.86. The molecule has 1 fully saturated rings. The van der Waals surface area contributed by atoms with Crippen LogP contribution in [0.2, 0.25) is 0 Å². The van der Waals surface area contributed by atoms with E-state index in [0.29, 0.717) is 13.1 Å². The summed E-state index contributed by atoms with van der Waals surface area (Å²) in [6.45, 7) is 2.99. The quantitative estimate of drug-likeness (QED) is 0.847. The van der Waals surface area contributed by atoms with E-state index in [1.54, 1.807) is 0 Å². The molecule has 2 rings (SSSR count). The maximum atomic E-state index is 13.9. The first kappa shape index (κ1) is 15.9. The van der Waals surface area contributed by atoms with Crippen LogP contribution in [0.5, 0.6) is 0 Å². The minimum Gasteiger partial charge on any atom is -0.368 e. The highest BCUT2D eigenvalue weighted by Crippen LogP contribution is 2.34. The third kappa shape index (κ3) is 3.43. The van der Waals surface area contributed by atoms with Gasteiger partial charge in [0.05, 0.1) is 0 Å². The van der Waals surface area contributed by atoms with Gasteiger partial charge in [0.15, 0.2) is 23.3 Å². The zero-order valence-corrected chi connectivity index (χ0v) is 13.0. The molecule has 1 saturated carbocycles. The summed E-state index contributed by atoms with van der Waals surface area (Å²) in [7, 11) is 4.09. The predicted octanol–water partition coefficient (Wildman–Crippen LogP) is 3.08. The molecule has 118 valence electrons. The minimum atomic E-state index is -0.664. The van der Waals surface area contributed by atoms with Crippen molar-refractivity contribution < 1.29 is 8.78 Å². The van der Waals surface area contributed by atoms with Gasteiger partial charge in [-0.25, -0.2) is 13.8 Å². The first-order chi connectivity index (χ1) is 9.98. The van der Waals surface area contributed by atoms with Crippen molar-refractivity contribution in [3.8, 4) is 0 Å². The van der Waals surface area contributed by atoms with Crippen LogP contribution < -0.4 is 10.6 Å². The summed E-state index contributed by atoms with van der Waals surface area (Å²) >= 11 is 0. The van der Waals surface area contributed by atoms with Crippen molar-refractivity contribution in [2.45, 2.75) is 38.1 Å². The lowest BCUT2D eigenvalue weighted by Gasteiger charge is -2.36. The lowest BCUT2D eigenvalue weighted by Crippen LogP contribution is -2.47. The van der Waals surface area contributed by atoms with Gasteiger partial charge in [0.1, 0.15) is 0 Å². The fraction of sp³-hybridized carbons (Fsp3) is 0.667. The maximum absolute atomic E-state index is 13.9. The second-order valence-electron chi connectivity index (χ2n) is 5.86. The van der Waals surface area contributed by atoms with Crippen LogP contribution >= 0.6 is 0 Å². The van der Waals surface area contributed by atoms with Crippen LogP contribution in [0.3, 0.4) is 0 Å². The molecule has 0 radical (unpaired) electrons. The number of halogens is 2. The highest BCUT2D eigenvalue weighted by Gasteiger charge is 2.36. The van der Waals surface area contributed by atoms with Gasteiger partial charge in [0.25, 0.3) is 0 Å². The molecule has 0 bridgehead atoms. The molecule has 0 unspecified atom stereocenters. The highest BCUT2D eigenvalue weighted by molar-refractivity contribution is 5.47. The van der Waals surface area contributed by atoms with Gasteiger partial charge in [-0.1, -0.05) is 12.8 Å². The van der Waals surface area contributed by atoms with Gasteiger partial charge in [-0.05, 0) is 33.9 Å². The molecule has 0 saturated heterocycles. The fourth-order valence-electron chi connectivity index (χ4n) is 2.95. The molecule has 21 heavy (non-hydrogen) atoms. The first-order valence-corrected chi connectivity index (χ1v) is 7.50. The number of hydrogen-bond donors (Lipinski definition) is 2. The lowest BCUT2D eigenvalue weighted by molar-refractivity contribution is 0.172. The molecular formula is C15H24F2N4. The number of nitrogens with zero attached hydrogens (tertiary/aromatic N) is 2. The van der Waals surface area contributed by atoms with Crippen molar-refractivity contribution in [2.75, 3.05) is 37.8 Å². The van der Waals surface area contributed by atoms with Gasteiger partial charge in [-0.2, -0.15) is 0 Å². The number of hydrogen-bond acceptors (Lipinski definition) is 4. The average molecular weight is 298 g/mol. The van der Waals surface area contributed by atoms with Crippen LogP contribution in [0.4, 0.5) is 20.4 Å². The van der Waals surface area contributed by atoms with Gasteiger partial charge >= 0.3 is 0 Å². The molecule has 1 aromatic heterocycles. The standard InChI is InChI=1S/C15H24F2N4/c1-4-18-13-11(16)9-12(17)14(20-13)19-10-15(21(2)3)7-5-6-8-15/h9H,4-8,10H2,1-3H3,(H2,18,19,20). The second kappa shape index (κ2) is 6.56. The number of nitrogens with one attached hydrogen (secondary N) is 2. The van der Waals surface area contributed by atoms with E-state index < -0.39 is 11.6 Å². The number of pyridine rings is 1. The Morgan fingerprint density at radius 3 is 2.24 bits per heavy atom. The van der Waals surface area contributed by atoms with Gasteiger partial charge in [0, 0.05) is 24.7 Å². The number of likely N-dealkylation sites (N-methyl/N-ethyl adjacent to an activating group) is 1. The van der Waals surface area contributed by atoms with Crippen LogP contribution in [0.25, 0.3) is 0 Å². The van der Waals surface area contributed by atoms with Crippen LogP contribution in [-0.2, 0) is 0 Å². The maximum Gasteiger partial charge on any atom is 0.168 e. The zero-order valence-electron chi connectivity index (χ0n) is 13.0. The number of rotatable bonds is 6. The molecule has 4 nitrogen and oxygen atoms in total. The molecule has 1 heterocycles. The third-order valence-corrected chi connectivity index (χ3v) is 4.34. The van der Waals surface area contributed by atoms with E-state index in [1.165, 1.54) is 12.8 Å². The summed E-state index contributed by atoms with van der Waals surface area (Å²) in [6.07, 6.45) is 4.52. The Morgan fingerprint density at radius 1 is 1.14 bits per heavy atom. The molecule has 1 aliphatic carbocycles. The van der Waals surface area contributed by atoms with E-state index in [4.69, 9.17) is 0 Å². The van der Waals surface area contributed by atoms with Crippen molar-refractivity contribution in [1.82, 2.24) is 9.88 Å². The van der Waals surface area contributed by atoms with Crippen molar-refractivity contribution in [2.24, 2.45) is 0 Å². The Hall–Kier alpha value is -1.43. The smallest absolute Gasteiger partial charge is 0.168 e. The van der Waals surface area contributed by atoms with E-state index in [2.05, 4.69) is 20.5 Å². The Balaban J connectivity index is 2.13. The third-order valence-electron chi connectivity index (χ3n) is 4.34. The van der Waals surface area contributed by atoms with Crippen LogP contribution in [0.1, 0.15) is 32.6 Å². The summed E-state index contributed by atoms with van der Waals surface area (Å²) < 4.78 is 27.4. The molecule has 1 aliphatic rings. The first-order valence-electron chi connectivity index (χ1n) is 7.50. The number of anilines is 2. The molecular weight excluding hydrogens is 274 g/mol. The predicted molar refractivity (Wildman–Crippen MR) is 81.7 cm³/mol. The van der Waals surface area contributed by atoms with Crippen LogP contribution in [0, 0.1) is 11.6 Å². The van der Waals surface area contributed by atoms with Crippen molar-refractivity contribution in [1.29, 1.82) is 0 Å². The fourth-order valence-corrected chi connectivity index (χ4v) is 2.95. The Bertz CT molecular complexity index is 485. The monoisotopic (exact) mass is 298 g/mol. The van der Waals surface area contributed by atoms with Gasteiger partial charge in [-0.15, -0.1) is 0 Å². The van der Waals surface area contributed by atoms with Gasteiger partial charge < -0.3 is 15.5 Å². The molecule has 1 aromatic rings. The van der Waals surface area contributed by atoms with Gasteiger partial charge in [0.2, 0.25) is 0 Å². The normalized spacial score (nSPS) is 17.2. The van der Waals surface area contributed by atoms with Crippen molar-refractivity contribution in [3.63, 3.8) is 0 Å². The average Bonchev–Trinajstić information content (AvgIpc) is 2.91. The summed E-state index contributed by atoms with van der Waals surface area (Å²) in [5.41, 5.74) is 0.0286. The zero-order chi connectivity index (χ0) is 15.5. The molecule has 2 N–H and O–H groups in total. The summed E-state index contributed by atoms with van der Waals surface area (Å²) in [4.78, 5) is 6.22. The lowest BCUT2D eigenvalue weighted by atomic mass is 9.96. The van der Waals surface area contributed by atoms with E-state index >= 15 is 0 Å². The SMILES string of the molecule is CCNc1nc(NCC2(N(C)C)CCCC2)c(F)cc1F. The molecule has 0 aromatic carbocycles. The topological polar surface area (TPSA) is 40.2 Å². The molecule has 0 amide bonds. The number of aromatic nitrogens is 1. The minimum absolute atomic E-state index is 0.0286. The highest BCUT2D eigenvalue weighted by atomic mass is 19.1. The summed E-state index contributed by atoms with van der Waals surface area (Å²) in [6, 6.07) is 0.879. The van der Waals surface area contributed by atoms with Crippen LogP contribution in [0.15, 0.2) is 6.07 Å². The summed E-state index contributed by atoms with van der Waals surface area (Å²) in [5.74, 6) is -1.11. The van der Waals surface area contributed by atoms with Crippen LogP contribution in [-0.4, -0.2) is 42.6 Å². The molecule has 6 heteroatoms. The largest absolute Gasteiger partial charge is 0.368 e.